The van der Waals surface area contributed by atoms with Crippen LogP contribution in [0.3, 0.4) is 0 Å². The van der Waals surface area contributed by atoms with Crippen molar-refractivity contribution in [2.45, 2.75) is 6.92 Å². The Bertz CT molecular complexity index is 886. The highest BCUT2D eigenvalue weighted by molar-refractivity contribution is 5.99. The predicted octanol–water partition coefficient (Wildman–Crippen LogP) is 3.54. The van der Waals surface area contributed by atoms with Crippen LogP contribution in [0.25, 0.3) is 11.3 Å². The highest BCUT2D eigenvalue weighted by atomic mass is 16.5. The van der Waals surface area contributed by atoms with Crippen LogP contribution < -0.4 is 9.47 Å². The van der Waals surface area contributed by atoms with E-state index < -0.39 is 0 Å². The Morgan fingerprint density at radius 2 is 1.74 bits per heavy atom. The third-order valence-electron chi connectivity index (χ3n) is 4.31. The van der Waals surface area contributed by atoms with Crippen molar-refractivity contribution >= 4 is 5.91 Å². The van der Waals surface area contributed by atoms with Crippen LogP contribution in [0.5, 0.6) is 11.5 Å². The molecule has 3 rings (SSSR count). The fourth-order valence-corrected chi connectivity index (χ4v) is 2.67. The van der Waals surface area contributed by atoms with Crippen LogP contribution in [-0.4, -0.2) is 48.3 Å². The Labute approximate surface area is 158 Å². The van der Waals surface area contributed by atoms with Crippen LogP contribution >= 0.6 is 0 Å². The van der Waals surface area contributed by atoms with Gasteiger partial charge in [-0.2, -0.15) is 5.10 Å². The summed E-state index contributed by atoms with van der Waals surface area (Å²) < 4.78 is 10.9. The maximum Gasteiger partial charge on any atom is 0.257 e. The molecule has 27 heavy (non-hydrogen) atoms. The quantitative estimate of drug-likeness (QED) is 0.695. The number of benzene rings is 2. The molecule has 0 spiro atoms. The van der Waals surface area contributed by atoms with Crippen LogP contribution in [0.4, 0.5) is 0 Å². The molecule has 0 saturated carbocycles. The molecule has 0 aliphatic heterocycles. The van der Waals surface area contributed by atoms with Crippen molar-refractivity contribution in [1.29, 1.82) is 0 Å². The fourth-order valence-electron chi connectivity index (χ4n) is 2.67. The maximum absolute atomic E-state index is 12.8. The third kappa shape index (κ3) is 4.47. The number of methoxy groups -OCH3 is 1. The monoisotopic (exact) mass is 365 g/mol. The second kappa shape index (κ2) is 8.40. The van der Waals surface area contributed by atoms with Gasteiger partial charge in [0.1, 0.15) is 18.1 Å². The summed E-state index contributed by atoms with van der Waals surface area (Å²) in [5.41, 5.74) is 3.27. The van der Waals surface area contributed by atoms with E-state index in [2.05, 4.69) is 10.2 Å². The lowest BCUT2D eigenvalue weighted by Gasteiger charge is -2.17. The van der Waals surface area contributed by atoms with Gasteiger partial charge in [0.25, 0.3) is 5.91 Å². The summed E-state index contributed by atoms with van der Waals surface area (Å²) in [6, 6.07) is 15.3. The van der Waals surface area contributed by atoms with Gasteiger partial charge in [0, 0.05) is 12.6 Å². The normalized spacial score (nSPS) is 10.5. The van der Waals surface area contributed by atoms with Crippen LogP contribution in [-0.2, 0) is 0 Å². The number of aromatic amines is 1. The molecule has 0 atom stereocenters. The zero-order chi connectivity index (χ0) is 19.2. The van der Waals surface area contributed by atoms with Gasteiger partial charge in [-0.15, -0.1) is 0 Å². The summed E-state index contributed by atoms with van der Waals surface area (Å²) >= 11 is 0. The average molecular weight is 365 g/mol. The minimum atomic E-state index is -0.109. The lowest BCUT2D eigenvalue weighted by Crippen LogP contribution is -2.31. The first-order valence-electron chi connectivity index (χ1n) is 8.71. The largest absolute Gasteiger partial charge is 0.497 e. The van der Waals surface area contributed by atoms with Gasteiger partial charge < -0.3 is 14.4 Å². The molecular weight excluding hydrogens is 342 g/mol. The van der Waals surface area contributed by atoms with Crippen molar-refractivity contribution < 1.29 is 14.3 Å². The Morgan fingerprint density at radius 1 is 1.07 bits per heavy atom. The average Bonchev–Trinajstić information content (AvgIpc) is 3.18. The van der Waals surface area contributed by atoms with Crippen molar-refractivity contribution in [1.82, 2.24) is 15.1 Å². The number of aromatic nitrogens is 2. The summed E-state index contributed by atoms with van der Waals surface area (Å²) in [4.78, 5) is 14.4. The number of ether oxygens (including phenoxy) is 2. The fraction of sp³-hybridized carbons (Fsp3) is 0.238. The molecule has 3 aromatic rings. The van der Waals surface area contributed by atoms with Crippen LogP contribution in [0.1, 0.15) is 15.9 Å². The molecule has 6 heteroatoms. The number of nitrogens with one attached hydrogen (secondary N) is 1. The highest BCUT2D eigenvalue weighted by Crippen LogP contribution is 2.24. The maximum atomic E-state index is 12.8. The Balaban J connectivity index is 1.63. The molecule has 140 valence electrons. The molecule has 1 aromatic heterocycles. The molecular formula is C21H23N3O3. The molecule has 2 aromatic carbocycles. The molecule has 1 amide bonds. The van der Waals surface area contributed by atoms with Crippen LogP contribution in [0, 0.1) is 6.92 Å². The number of aryl methyl sites for hydroxylation is 1. The van der Waals surface area contributed by atoms with E-state index in [1.165, 1.54) is 5.56 Å². The zero-order valence-corrected chi connectivity index (χ0v) is 15.7. The Kier molecular flexibility index (Phi) is 5.76. The smallest absolute Gasteiger partial charge is 0.257 e. The molecule has 1 heterocycles. The Hall–Kier alpha value is -3.28. The lowest BCUT2D eigenvalue weighted by molar-refractivity contribution is 0.0774. The second-order valence-electron chi connectivity index (χ2n) is 6.28. The van der Waals surface area contributed by atoms with Crippen LogP contribution in [0.2, 0.25) is 0 Å². The van der Waals surface area contributed by atoms with Gasteiger partial charge in [-0.1, -0.05) is 17.7 Å². The van der Waals surface area contributed by atoms with Gasteiger partial charge in [0.05, 0.1) is 31.1 Å². The second-order valence-corrected chi connectivity index (χ2v) is 6.28. The number of likely N-dealkylation sites (N-methyl/N-ethyl adjacent to an activating group) is 1. The van der Waals surface area contributed by atoms with Crippen molar-refractivity contribution in [2.24, 2.45) is 0 Å². The van der Waals surface area contributed by atoms with E-state index in [1.807, 2.05) is 55.5 Å². The molecule has 0 unspecified atom stereocenters. The van der Waals surface area contributed by atoms with Gasteiger partial charge >= 0.3 is 0 Å². The summed E-state index contributed by atoms with van der Waals surface area (Å²) in [6.45, 7) is 2.92. The molecule has 0 aliphatic rings. The van der Waals surface area contributed by atoms with Crippen LogP contribution in [0.15, 0.2) is 54.7 Å². The standard InChI is InChI=1S/C21H23N3O3/c1-15-4-8-18(9-5-15)27-13-12-24(2)21(25)19-14-22-23-20(19)16-6-10-17(26-3)11-7-16/h4-11,14H,12-13H2,1-3H3,(H,22,23). The first-order valence-corrected chi connectivity index (χ1v) is 8.71. The van der Waals surface area contributed by atoms with E-state index in [0.29, 0.717) is 24.4 Å². The topological polar surface area (TPSA) is 67.5 Å². The first-order chi connectivity index (χ1) is 13.1. The van der Waals surface area contributed by atoms with Gasteiger partial charge in [-0.3, -0.25) is 9.89 Å². The predicted molar refractivity (Wildman–Crippen MR) is 104 cm³/mol. The number of rotatable bonds is 7. The molecule has 0 saturated heterocycles. The van der Waals surface area contributed by atoms with E-state index in [-0.39, 0.29) is 5.91 Å². The van der Waals surface area contributed by atoms with E-state index in [1.54, 1.807) is 25.3 Å². The van der Waals surface area contributed by atoms with E-state index in [4.69, 9.17) is 9.47 Å². The van der Waals surface area contributed by atoms with Gasteiger partial charge in [0.15, 0.2) is 0 Å². The summed E-state index contributed by atoms with van der Waals surface area (Å²) in [7, 11) is 3.37. The minimum Gasteiger partial charge on any atom is -0.497 e. The van der Waals surface area contributed by atoms with Crippen molar-refractivity contribution in [3.05, 3.63) is 65.9 Å². The minimum absolute atomic E-state index is 0.109. The SMILES string of the molecule is COc1ccc(-c2[nH]ncc2C(=O)N(C)CCOc2ccc(C)cc2)cc1. The molecule has 0 aliphatic carbocycles. The summed E-state index contributed by atoms with van der Waals surface area (Å²) in [6.07, 6.45) is 1.55. The molecule has 0 fully saturated rings. The zero-order valence-electron chi connectivity index (χ0n) is 15.7. The Morgan fingerprint density at radius 3 is 2.41 bits per heavy atom. The van der Waals surface area contributed by atoms with Crippen molar-refractivity contribution in [3.8, 4) is 22.8 Å². The lowest BCUT2D eigenvalue weighted by atomic mass is 10.1. The van der Waals surface area contributed by atoms with E-state index in [9.17, 15) is 4.79 Å². The number of hydrogen-bond acceptors (Lipinski definition) is 4. The number of carbonyl (C=O) groups excluding carboxylic acids is 1. The van der Waals surface area contributed by atoms with Crippen molar-refractivity contribution in [3.63, 3.8) is 0 Å². The number of H-pyrrole nitrogens is 1. The molecule has 1 N–H and O–H groups in total. The summed E-state index contributed by atoms with van der Waals surface area (Å²) in [5, 5.41) is 6.96. The van der Waals surface area contributed by atoms with Crippen molar-refractivity contribution in [2.75, 3.05) is 27.3 Å². The van der Waals surface area contributed by atoms with E-state index in [0.717, 1.165) is 17.1 Å². The molecule has 6 nitrogen and oxygen atoms in total. The van der Waals surface area contributed by atoms with Gasteiger partial charge in [-0.05, 0) is 43.3 Å². The number of carbonyl (C=O) groups is 1. The highest BCUT2D eigenvalue weighted by Gasteiger charge is 2.19. The van der Waals surface area contributed by atoms with E-state index >= 15 is 0 Å². The van der Waals surface area contributed by atoms with Gasteiger partial charge in [0.2, 0.25) is 0 Å². The van der Waals surface area contributed by atoms with Gasteiger partial charge in [-0.25, -0.2) is 0 Å². The molecule has 0 radical (unpaired) electrons. The number of amides is 1. The number of hydrogen-bond donors (Lipinski definition) is 1. The third-order valence-corrected chi connectivity index (χ3v) is 4.31. The number of nitrogens with zero attached hydrogens (tertiary/aromatic N) is 2. The summed E-state index contributed by atoms with van der Waals surface area (Å²) in [5.74, 6) is 1.45. The first kappa shape index (κ1) is 18.5. The molecule has 0 bridgehead atoms.